The molecule has 0 spiro atoms. The van der Waals surface area contributed by atoms with Crippen molar-refractivity contribution in [3.05, 3.63) is 47.3 Å². The molecule has 112 valence electrons. The summed E-state index contributed by atoms with van der Waals surface area (Å²) in [6.07, 6.45) is 2.49. The topological polar surface area (TPSA) is 89.0 Å². The smallest absolute Gasteiger partial charge is 0.145 e. The van der Waals surface area contributed by atoms with Crippen LogP contribution in [0, 0.1) is 11.3 Å². The zero-order valence-electron chi connectivity index (χ0n) is 12.6. The van der Waals surface area contributed by atoms with E-state index in [9.17, 15) is 10.1 Å². The van der Waals surface area contributed by atoms with E-state index in [1.807, 2.05) is 6.92 Å². The summed E-state index contributed by atoms with van der Waals surface area (Å²) < 4.78 is 5.79. The lowest BCUT2D eigenvalue weighted by atomic mass is 10.0. The van der Waals surface area contributed by atoms with Crippen LogP contribution in [0.4, 0.5) is 5.69 Å². The van der Waals surface area contributed by atoms with E-state index in [4.69, 9.17) is 10.5 Å². The largest absolute Gasteiger partial charge is 0.456 e. The SMILES string of the molecule is CCc1c(N)ccc(Oc2ccnc(CC(C)=O)c2)c1C#N. The van der Waals surface area contributed by atoms with Crippen molar-refractivity contribution < 1.29 is 9.53 Å². The zero-order valence-corrected chi connectivity index (χ0v) is 12.6. The van der Waals surface area contributed by atoms with Gasteiger partial charge < -0.3 is 10.5 Å². The van der Waals surface area contributed by atoms with Crippen LogP contribution in [0.3, 0.4) is 0 Å². The van der Waals surface area contributed by atoms with Gasteiger partial charge in [-0.25, -0.2) is 0 Å². The van der Waals surface area contributed by atoms with Gasteiger partial charge in [0, 0.05) is 24.4 Å². The van der Waals surface area contributed by atoms with Crippen molar-refractivity contribution in [1.29, 1.82) is 5.26 Å². The number of Topliss-reactive ketones (excluding diaryl/α,β-unsaturated/α-hetero) is 1. The van der Waals surface area contributed by atoms with E-state index >= 15 is 0 Å². The Morgan fingerprint density at radius 1 is 1.41 bits per heavy atom. The molecule has 0 fully saturated rings. The van der Waals surface area contributed by atoms with Crippen LogP contribution in [0.15, 0.2) is 30.5 Å². The van der Waals surface area contributed by atoms with Gasteiger partial charge >= 0.3 is 0 Å². The summed E-state index contributed by atoms with van der Waals surface area (Å²) in [5.74, 6) is 1.02. The average molecular weight is 295 g/mol. The second-order valence-corrected chi connectivity index (χ2v) is 4.94. The number of nitrogen functional groups attached to an aromatic ring is 1. The first-order valence-electron chi connectivity index (χ1n) is 6.98. The molecule has 5 nitrogen and oxygen atoms in total. The van der Waals surface area contributed by atoms with Crippen LogP contribution in [0.5, 0.6) is 11.5 Å². The molecule has 0 bridgehead atoms. The Morgan fingerprint density at radius 2 is 2.18 bits per heavy atom. The Labute approximate surface area is 129 Å². The van der Waals surface area contributed by atoms with E-state index in [1.54, 1.807) is 30.5 Å². The first kappa shape index (κ1) is 15.5. The van der Waals surface area contributed by atoms with Crippen LogP contribution in [0.2, 0.25) is 0 Å². The molecule has 2 rings (SSSR count). The van der Waals surface area contributed by atoms with Crippen molar-refractivity contribution in [1.82, 2.24) is 4.98 Å². The molecular weight excluding hydrogens is 278 g/mol. The molecule has 5 heteroatoms. The monoisotopic (exact) mass is 295 g/mol. The molecule has 2 N–H and O–H groups in total. The van der Waals surface area contributed by atoms with Crippen LogP contribution in [0.1, 0.15) is 30.7 Å². The molecule has 0 amide bonds. The molecule has 0 atom stereocenters. The number of pyridine rings is 1. The minimum absolute atomic E-state index is 0.0307. The summed E-state index contributed by atoms with van der Waals surface area (Å²) >= 11 is 0. The third kappa shape index (κ3) is 3.41. The number of hydrogen-bond donors (Lipinski definition) is 1. The number of aromatic nitrogens is 1. The molecule has 0 aliphatic rings. The van der Waals surface area contributed by atoms with Crippen molar-refractivity contribution in [3.63, 3.8) is 0 Å². The number of ketones is 1. The molecule has 22 heavy (non-hydrogen) atoms. The van der Waals surface area contributed by atoms with Crippen molar-refractivity contribution in [2.75, 3.05) is 5.73 Å². The Balaban J connectivity index is 2.35. The Hall–Kier alpha value is -2.87. The number of hydrogen-bond acceptors (Lipinski definition) is 5. The molecular formula is C17H17N3O2. The van der Waals surface area contributed by atoms with Gasteiger partial charge in [0.15, 0.2) is 0 Å². The highest BCUT2D eigenvalue weighted by Gasteiger charge is 2.12. The number of nitrogens with two attached hydrogens (primary N) is 1. The Morgan fingerprint density at radius 3 is 2.82 bits per heavy atom. The van der Waals surface area contributed by atoms with Crippen molar-refractivity contribution >= 4 is 11.5 Å². The van der Waals surface area contributed by atoms with E-state index in [1.165, 1.54) is 6.92 Å². The van der Waals surface area contributed by atoms with Crippen molar-refractivity contribution in [2.24, 2.45) is 0 Å². The highest BCUT2D eigenvalue weighted by atomic mass is 16.5. The molecule has 0 aliphatic heterocycles. The van der Waals surface area contributed by atoms with Crippen LogP contribution >= 0.6 is 0 Å². The summed E-state index contributed by atoms with van der Waals surface area (Å²) in [4.78, 5) is 15.3. The fourth-order valence-corrected chi connectivity index (χ4v) is 2.23. The fourth-order valence-electron chi connectivity index (χ4n) is 2.23. The molecule has 0 saturated carbocycles. The first-order valence-corrected chi connectivity index (χ1v) is 6.98. The third-order valence-corrected chi connectivity index (χ3v) is 3.22. The van der Waals surface area contributed by atoms with Gasteiger partial charge in [-0.15, -0.1) is 0 Å². The van der Waals surface area contributed by atoms with E-state index < -0.39 is 0 Å². The lowest BCUT2D eigenvalue weighted by Gasteiger charge is -2.12. The second kappa shape index (κ2) is 6.72. The fraction of sp³-hybridized carbons (Fsp3) is 0.235. The number of nitrogens with zero attached hydrogens (tertiary/aromatic N) is 2. The van der Waals surface area contributed by atoms with E-state index in [0.29, 0.717) is 34.9 Å². The van der Waals surface area contributed by atoms with Crippen LogP contribution in [-0.4, -0.2) is 10.8 Å². The molecule has 0 radical (unpaired) electrons. The number of benzene rings is 1. The third-order valence-electron chi connectivity index (χ3n) is 3.22. The van der Waals surface area contributed by atoms with Gasteiger partial charge in [-0.2, -0.15) is 5.26 Å². The standard InChI is InChI=1S/C17H17N3O2/c1-3-14-15(10-18)17(5-4-16(14)19)22-13-6-7-20-12(9-13)8-11(2)21/h4-7,9H,3,8,19H2,1-2H3. The van der Waals surface area contributed by atoms with Crippen LogP contribution in [-0.2, 0) is 17.6 Å². The molecule has 1 aromatic heterocycles. The summed E-state index contributed by atoms with van der Waals surface area (Å²) in [6.45, 7) is 3.45. The van der Waals surface area contributed by atoms with Crippen LogP contribution < -0.4 is 10.5 Å². The lowest BCUT2D eigenvalue weighted by molar-refractivity contribution is -0.116. The molecule has 0 saturated heterocycles. The lowest BCUT2D eigenvalue weighted by Crippen LogP contribution is -2.01. The Kier molecular flexibility index (Phi) is 4.74. The zero-order chi connectivity index (χ0) is 16.1. The van der Waals surface area contributed by atoms with E-state index in [0.717, 1.165) is 5.56 Å². The number of carbonyl (C=O) groups is 1. The summed E-state index contributed by atoms with van der Waals surface area (Å²) in [6, 6.07) is 8.94. The molecule has 1 aromatic carbocycles. The second-order valence-electron chi connectivity index (χ2n) is 4.94. The highest BCUT2D eigenvalue weighted by molar-refractivity contribution is 5.77. The van der Waals surface area contributed by atoms with E-state index in [-0.39, 0.29) is 12.2 Å². The summed E-state index contributed by atoms with van der Waals surface area (Å²) in [5, 5.41) is 9.36. The molecule has 2 aromatic rings. The van der Waals surface area contributed by atoms with Crippen molar-refractivity contribution in [2.45, 2.75) is 26.7 Å². The predicted octanol–water partition coefficient (Wildman–Crippen LogP) is 3.02. The predicted molar refractivity (Wildman–Crippen MR) is 83.6 cm³/mol. The van der Waals surface area contributed by atoms with Crippen molar-refractivity contribution in [3.8, 4) is 17.6 Å². The Bertz CT molecular complexity index is 748. The van der Waals surface area contributed by atoms with Gasteiger partial charge in [0.1, 0.15) is 23.4 Å². The quantitative estimate of drug-likeness (QED) is 0.856. The number of anilines is 1. The first-order chi connectivity index (χ1) is 10.5. The van der Waals surface area contributed by atoms with Gasteiger partial charge in [-0.05, 0) is 37.1 Å². The molecule has 0 unspecified atom stereocenters. The van der Waals surface area contributed by atoms with Gasteiger partial charge in [-0.1, -0.05) is 6.92 Å². The van der Waals surface area contributed by atoms with Gasteiger partial charge in [0.25, 0.3) is 0 Å². The van der Waals surface area contributed by atoms with Gasteiger partial charge in [0.2, 0.25) is 0 Å². The number of carbonyl (C=O) groups excluding carboxylic acids is 1. The maximum absolute atomic E-state index is 11.2. The highest BCUT2D eigenvalue weighted by Crippen LogP contribution is 2.31. The maximum atomic E-state index is 11.2. The summed E-state index contributed by atoms with van der Waals surface area (Å²) in [5.41, 5.74) is 8.32. The summed E-state index contributed by atoms with van der Waals surface area (Å²) in [7, 11) is 0. The molecule has 0 aliphatic carbocycles. The molecule has 1 heterocycles. The van der Waals surface area contributed by atoms with Gasteiger partial charge in [0.05, 0.1) is 11.3 Å². The van der Waals surface area contributed by atoms with Crippen LogP contribution in [0.25, 0.3) is 0 Å². The maximum Gasteiger partial charge on any atom is 0.145 e. The number of ether oxygens (including phenoxy) is 1. The minimum Gasteiger partial charge on any atom is -0.456 e. The van der Waals surface area contributed by atoms with E-state index in [2.05, 4.69) is 11.1 Å². The number of nitriles is 1. The minimum atomic E-state index is 0.0307. The average Bonchev–Trinajstić information content (AvgIpc) is 2.48. The number of rotatable bonds is 5. The van der Waals surface area contributed by atoms with Gasteiger partial charge in [-0.3, -0.25) is 9.78 Å². The normalized spacial score (nSPS) is 10.0.